The van der Waals surface area contributed by atoms with E-state index in [0.29, 0.717) is 10.6 Å². The van der Waals surface area contributed by atoms with Crippen molar-refractivity contribution in [2.45, 2.75) is 5.37 Å². The third-order valence-corrected chi connectivity index (χ3v) is 5.83. The molecule has 3 N–H and O–H groups in total. The predicted molar refractivity (Wildman–Crippen MR) is 90.1 cm³/mol. The molecule has 0 saturated carbocycles. The van der Waals surface area contributed by atoms with Gasteiger partial charge in [0, 0.05) is 12.3 Å². The summed E-state index contributed by atoms with van der Waals surface area (Å²) in [4.78, 5) is 39.9. The first-order chi connectivity index (χ1) is 12.8. The molecule has 140 valence electrons. The van der Waals surface area contributed by atoms with Gasteiger partial charge < -0.3 is 9.90 Å². The van der Waals surface area contributed by atoms with E-state index in [2.05, 4.69) is 4.98 Å². The number of carbonyl (C=O) groups excluding carboxylic acids is 3. The minimum atomic E-state index is -3.95. The van der Waals surface area contributed by atoms with Gasteiger partial charge in [-0.25, -0.2) is 14.3 Å². The summed E-state index contributed by atoms with van der Waals surface area (Å²) < 4.78 is 25.2. The second kappa shape index (κ2) is 6.78. The third-order valence-electron chi connectivity index (χ3n) is 3.97. The van der Waals surface area contributed by atoms with Crippen LogP contribution >= 0.6 is 0 Å². The van der Waals surface area contributed by atoms with Crippen molar-refractivity contribution in [1.82, 2.24) is 15.3 Å². The number of allylic oxidation sites excluding steroid dienone is 1. The Bertz CT molecular complexity index is 1030. The van der Waals surface area contributed by atoms with Crippen LogP contribution in [0.2, 0.25) is 0 Å². The van der Waals surface area contributed by atoms with Crippen LogP contribution in [0.15, 0.2) is 53.4 Å². The van der Waals surface area contributed by atoms with Crippen molar-refractivity contribution in [3.8, 4) is 0 Å². The van der Waals surface area contributed by atoms with Crippen molar-refractivity contribution < 1.29 is 27.9 Å². The molecule has 1 aromatic rings. The molecule has 2 amide bonds. The van der Waals surface area contributed by atoms with Crippen LogP contribution in [0, 0.1) is 0 Å². The van der Waals surface area contributed by atoms with Crippen LogP contribution in [0.1, 0.15) is 5.69 Å². The number of rotatable bonds is 4. The Hall–Kier alpha value is -3.31. The van der Waals surface area contributed by atoms with Gasteiger partial charge in [-0.05, 0) is 23.8 Å². The highest BCUT2D eigenvalue weighted by molar-refractivity contribution is 7.92. The monoisotopic (exact) mass is 389 g/mol. The molecule has 0 bridgehead atoms. The number of aromatic nitrogens is 1. The Balaban J connectivity index is 2.07. The molecule has 11 heteroatoms. The number of nitrogens with two attached hydrogens (primary N) is 1. The summed E-state index contributed by atoms with van der Waals surface area (Å²) in [5.41, 5.74) is 1.21. The molecule has 2 aliphatic heterocycles. The van der Waals surface area contributed by atoms with Crippen molar-refractivity contribution in [2.24, 2.45) is 5.84 Å². The van der Waals surface area contributed by atoms with Crippen LogP contribution in [-0.2, 0) is 24.2 Å². The van der Waals surface area contributed by atoms with E-state index in [4.69, 9.17) is 5.84 Å². The van der Waals surface area contributed by atoms with Crippen LogP contribution in [0.25, 0.3) is 6.08 Å². The maximum absolute atomic E-state index is 12.6. The topological polar surface area (TPSA) is 163 Å². The Kier molecular flexibility index (Phi) is 4.64. The van der Waals surface area contributed by atoms with E-state index in [0.717, 1.165) is 12.2 Å². The summed E-state index contributed by atoms with van der Waals surface area (Å²) in [7, 11) is -3.95. The van der Waals surface area contributed by atoms with Gasteiger partial charge >= 0.3 is 0 Å². The molecule has 1 fully saturated rings. The normalized spacial score (nSPS) is 22.6. The SMILES string of the molecule is NNC(=O)/C=C/C1=C(C(=O)[O-])N2C(=O)/C(=C/c3ccccn3)[C@H]2S(=O)(=O)C1. The first-order valence-electron chi connectivity index (χ1n) is 7.57. The molecule has 3 heterocycles. The van der Waals surface area contributed by atoms with Crippen LogP contribution in [0.5, 0.6) is 0 Å². The highest BCUT2D eigenvalue weighted by atomic mass is 32.2. The number of nitrogens with one attached hydrogen (secondary N) is 1. The number of fused-ring (bicyclic) bond motifs is 1. The molecule has 0 radical (unpaired) electrons. The zero-order valence-electron chi connectivity index (χ0n) is 13.7. The maximum atomic E-state index is 12.6. The number of hydrazine groups is 1. The lowest BCUT2D eigenvalue weighted by atomic mass is 10.0. The van der Waals surface area contributed by atoms with Gasteiger partial charge in [0.2, 0.25) is 0 Å². The molecule has 10 nitrogen and oxygen atoms in total. The molecule has 1 saturated heterocycles. The lowest BCUT2D eigenvalue weighted by Gasteiger charge is -2.46. The number of carboxylic acid groups (broad SMARTS) is 1. The molecule has 0 spiro atoms. The summed E-state index contributed by atoms with van der Waals surface area (Å²) in [5, 5.41) is 10.1. The first kappa shape index (κ1) is 18.5. The van der Waals surface area contributed by atoms with Gasteiger partial charge in [0.1, 0.15) is 0 Å². The minimum Gasteiger partial charge on any atom is -0.543 e. The Morgan fingerprint density at radius 3 is 2.70 bits per heavy atom. The van der Waals surface area contributed by atoms with E-state index in [1.165, 1.54) is 12.3 Å². The maximum Gasteiger partial charge on any atom is 0.258 e. The molecule has 27 heavy (non-hydrogen) atoms. The molecule has 3 rings (SSSR count). The van der Waals surface area contributed by atoms with E-state index in [1.807, 2.05) is 0 Å². The van der Waals surface area contributed by atoms with Gasteiger partial charge in [-0.1, -0.05) is 12.1 Å². The standard InChI is InChI=1S/C16H14N4O6S/c17-19-12(21)5-4-9-8-27(25,26)15-11(7-10-3-1-2-6-18-10)14(22)20(15)13(9)16(23)24/h1-7,15H,8,17H2,(H,19,21)(H,23,24)/p-1/b5-4+,11-7-/t15-/m1/s1. The fourth-order valence-corrected chi connectivity index (χ4v) is 4.75. The van der Waals surface area contributed by atoms with Crippen molar-refractivity contribution in [3.63, 3.8) is 0 Å². The molecular weight excluding hydrogens is 376 g/mol. The minimum absolute atomic E-state index is 0.0878. The predicted octanol–water partition coefficient (Wildman–Crippen LogP) is -2.39. The van der Waals surface area contributed by atoms with E-state index >= 15 is 0 Å². The van der Waals surface area contributed by atoms with E-state index in [1.54, 1.807) is 23.6 Å². The zero-order chi connectivity index (χ0) is 19.8. The van der Waals surface area contributed by atoms with E-state index in [-0.39, 0.29) is 11.1 Å². The fourth-order valence-electron chi connectivity index (χ4n) is 2.85. The van der Waals surface area contributed by atoms with Crippen molar-refractivity contribution in [1.29, 1.82) is 0 Å². The first-order valence-corrected chi connectivity index (χ1v) is 9.28. The zero-order valence-corrected chi connectivity index (χ0v) is 14.5. The number of amides is 2. The van der Waals surface area contributed by atoms with Crippen LogP contribution in [-0.4, -0.2) is 47.2 Å². The number of aliphatic carboxylic acids is 1. The second-order valence-corrected chi connectivity index (χ2v) is 7.75. The van der Waals surface area contributed by atoms with Gasteiger partial charge in [0.25, 0.3) is 11.8 Å². The summed E-state index contributed by atoms with van der Waals surface area (Å²) in [6.07, 6.45) is 4.62. The summed E-state index contributed by atoms with van der Waals surface area (Å²) in [5.74, 6) is 0.945. The quantitative estimate of drug-likeness (QED) is 0.189. The lowest BCUT2D eigenvalue weighted by Crippen LogP contribution is -2.63. The molecule has 1 aromatic heterocycles. The Morgan fingerprint density at radius 1 is 1.37 bits per heavy atom. The van der Waals surface area contributed by atoms with Crippen LogP contribution in [0.4, 0.5) is 0 Å². The smallest absolute Gasteiger partial charge is 0.258 e. The lowest BCUT2D eigenvalue weighted by molar-refractivity contribution is -0.301. The molecule has 0 unspecified atom stereocenters. The van der Waals surface area contributed by atoms with Crippen LogP contribution < -0.4 is 16.4 Å². The highest BCUT2D eigenvalue weighted by Gasteiger charge is 2.55. The van der Waals surface area contributed by atoms with Crippen molar-refractivity contribution in [2.75, 3.05) is 5.75 Å². The molecule has 1 atom stereocenters. The number of β-lactam (4-membered cyclic amide) rings is 1. The number of hydrogen-bond donors (Lipinski definition) is 2. The van der Waals surface area contributed by atoms with Gasteiger partial charge in [0.05, 0.1) is 28.7 Å². The number of pyridine rings is 1. The average molecular weight is 389 g/mol. The average Bonchev–Trinajstić information content (AvgIpc) is 2.63. The van der Waals surface area contributed by atoms with Gasteiger partial charge in [-0.3, -0.25) is 24.9 Å². The van der Waals surface area contributed by atoms with Crippen molar-refractivity contribution >= 4 is 33.7 Å². The Morgan fingerprint density at radius 2 is 2.11 bits per heavy atom. The fraction of sp³-hybridized carbons (Fsp3) is 0.125. The van der Waals surface area contributed by atoms with Gasteiger partial charge in [-0.2, -0.15) is 0 Å². The van der Waals surface area contributed by atoms with Gasteiger partial charge in [-0.15, -0.1) is 0 Å². The van der Waals surface area contributed by atoms with E-state index in [9.17, 15) is 27.9 Å². The molecule has 2 aliphatic rings. The largest absolute Gasteiger partial charge is 0.543 e. The molecule has 0 aromatic carbocycles. The number of carbonyl (C=O) groups is 3. The molecular formula is C16H13N4O6S-. The summed E-state index contributed by atoms with van der Waals surface area (Å²) >= 11 is 0. The summed E-state index contributed by atoms with van der Waals surface area (Å²) in [6.45, 7) is 0. The second-order valence-electron chi connectivity index (χ2n) is 5.69. The highest BCUT2D eigenvalue weighted by Crippen LogP contribution is 2.40. The number of nitrogens with zero attached hydrogens (tertiary/aromatic N) is 2. The van der Waals surface area contributed by atoms with E-state index < -0.39 is 44.4 Å². The van der Waals surface area contributed by atoms with Gasteiger partial charge in [0.15, 0.2) is 15.2 Å². The number of carboxylic acids is 1. The Labute approximate surface area is 153 Å². The van der Waals surface area contributed by atoms with Crippen molar-refractivity contribution in [3.05, 3.63) is 59.1 Å². The molecule has 0 aliphatic carbocycles. The number of sulfone groups is 1. The third kappa shape index (κ3) is 3.25. The van der Waals surface area contributed by atoms with Crippen LogP contribution in [0.3, 0.4) is 0 Å². The number of hydrogen-bond acceptors (Lipinski definition) is 8. The summed E-state index contributed by atoms with van der Waals surface area (Å²) in [6, 6.07) is 4.89.